The summed E-state index contributed by atoms with van der Waals surface area (Å²) in [5.41, 5.74) is 1.41. The van der Waals surface area contributed by atoms with Gasteiger partial charge in [0.1, 0.15) is 0 Å². The van der Waals surface area contributed by atoms with Gasteiger partial charge >= 0.3 is 0 Å². The zero-order valence-electron chi connectivity index (χ0n) is 8.89. The summed E-state index contributed by atoms with van der Waals surface area (Å²) in [6, 6.07) is 0. The van der Waals surface area contributed by atoms with E-state index in [1.807, 2.05) is 0 Å². The van der Waals surface area contributed by atoms with E-state index in [1.165, 1.54) is 0 Å². The van der Waals surface area contributed by atoms with Crippen LogP contribution in [0.25, 0.3) is 0 Å². The Balaban J connectivity index is 1.95. The highest BCUT2D eigenvalue weighted by molar-refractivity contribution is 5.29. The first-order chi connectivity index (χ1) is 5.40. The van der Waals surface area contributed by atoms with Crippen molar-refractivity contribution >= 4 is 0 Å². The van der Waals surface area contributed by atoms with Gasteiger partial charge in [-0.1, -0.05) is 34.6 Å². The summed E-state index contributed by atoms with van der Waals surface area (Å²) in [7, 11) is 0. The smallest absolute Gasteiger partial charge is 0.0286 e. The SMILES string of the molecule is CC1C2C(C3C1C3(C)C)C2(C)C. The second kappa shape index (κ2) is 1.51. The van der Waals surface area contributed by atoms with Crippen molar-refractivity contribution in [2.45, 2.75) is 34.6 Å². The molecule has 3 aliphatic carbocycles. The number of hydrogen-bond acceptors (Lipinski definition) is 0. The zero-order valence-corrected chi connectivity index (χ0v) is 8.89. The summed E-state index contributed by atoms with van der Waals surface area (Å²) in [5.74, 6) is 5.37. The second-order valence-electron chi connectivity index (χ2n) is 6.60. The van der Waals surface area contributed by atoms with E-state index in [9.17, 15) is 0 Å². The molecule has 3 fully saturated rings. The van der Waals surface area contributed by atoms with Crippen LogP contribution in [-0.2, 0) is 0 Å². The van der Waals surface area contributed by atoms with Crippen LogP contribution in [0.5, 0.6) is 0 Å². The van der Waals surface area contributed by atoms with Crippen molar-refractivity contribution in [1.82, 2.24) is 0 Å². The highest BCUT2D eigenvalue weighted by Gasteiger charge is 2.82. The van der Waals surface area contributed by atoms with Gasteiger partial charge in [0.15, 0.2) is 0 Å². The molecule has 0 heteroatoms. The van der Waals surface area contributed by atoms with Crippen molar-refractivity contribution < 1.29 is 0 Å². The van der Waals surface area contributed by atoms with Crippen molar-refractivity contribution in [2.75, 3.05) is 0 Å². The number of rotatable bonds is 0. The molecule has 3 rings (SSSR count). The van der Waals surface area contributed by atoms with Gasteiger partial charge in [-0.3, -0.25) is 0 Å². The molecule has 0 aromatic heterocycles. The molecule has 0 nitrogen and oxygen atoms in total. The minimum Gasteiger partial charge on any atom is -0.0619 e. The van der Waals surface area contributed by atoms with Crippen molar-refractivity contribution in [1.29, 1.82) is 0 Å². The molecule has 0 radical (unpaired) electrons. The van der Waals surface area contributed by atoms with E-state index in [1.54, 1.807) is 0 Å². The summed E-state index contributed by atoms with van der Waals surface area (Å²) < 4.78 is 0. The van der Waals surface area contributed by atoms with Crippen molar-refractivity contribution in [3.05, 3.63) is 0 Å². The largest absolute Gasteiger partial charge is 0.0619 e. The van der Waals surface area contributed by atoms with Gasteiger partial charge < -0.3 is 0 Å². The molecule has 3 saturated carbocycles. The highest BCUT2D eigenvalue weighted by atomic mass is 14.9. The van der Waals surface area contributed by atoms with E-state index in [0.717, 1.165) is 29.6 Å². The van der Waals surface area contributed by atoms with Crippen LogP contribution in [0, 0.1) is 40.4 Å². The molecule has 4 unspecified atom stereocenters. The molecule has 0 amide bonds. The standard InChI is InChI=1S/C12H20/c1-6-7-9(11(7,2)3)10-8(6)12(10,4)5/h6-10H,1-5H3. The minimum atomic E-state index is 0.703. The summed E-state index contributed by atoms with van der Waals surface area (Å²) >= 11 is 0. The highest BCUT2D eigenvalue weighted by Crippen LogP contribution is 2.86. The zero-order chi connectivity index (χ0) is 8.89. The predicted octanol–water partition coefficient (Wildman–Crippen LogP) is 3.18. The van der Waals surface area contributed by atoms with Crippen LogP contribution in [0.3, 0.4) is 0 Å². The van der Waals surface area contributed by atoms with Crippen molar-refractivity contribution in [2.24, 2.45) is 40.4 Å². The Morgan fingerprint density at radius 1 is 0.667 bits per heavy atom. The first kappa shape index (κ1) is 7.41. The maximum Gasteiger partial charge on any atom is -0.0286 e. The van der Waals surface area contributed by atoms with Crippen molar-refractivity contribution in [3.63, 3.8) is 0 Å². The van der Waals surface area contributed by atoms with Crippen LogP contribution in [0.4, 0.5) is 0 Å². The van der Waals surface area contributed by atoms with E-state index in [4.69, 9.17) is 0 Å². The molecule has 0 N–H and O–H groups in total. The number of fused-ring (bicyclic) bond motifs is 3. The molecule has 12 heavy (non-hydrogen) atoms. The summed E-state index contributed by atoms with van der Waals surface area (Å²) in [6.07, 6.45) is 0. The molecule has 0 bridgehead atoms. The lowest BCUT2D eigenvalue weighted by atomic mass is 9.91. The van der Waals surface area contributed by atoms with Gasteiger partial charge in [0.2, 0.25) is 0 Å². The maximum atomic E-state index is 2.49. The van der Waals surface area contributed by atoms with Gasteiger partial charge in [0.25, 0.3) is 0 Å². The lowest BCUT2D eigenvalue weighted by molar-refractivity contribution is 0.342. The molecule has 0 aromatic carbocycles. The van der Waals surface area contributed by atoms with Crippen LogP contribution < -0.4 is 0 Å². The fourth-order valence-corrected chi connectivity index (χ4v) is 5.04. The molecule has 3 aliphatic rings. The van der Waals surface area contributed by atoms with E-state index in [0.29, 0.717) is 10.8 Å². The average Bonchev–Trinajstić information content (AvgIpc) is 2.48. The Labute approximate surface area is 75.7 Å². The van der Waals surface area contributed by atoms with Gasteiger partial charge in [0.05, 0.1) is 0 Å². The predicted molar refractivity (Wildman–Crippen MR) is 50.7 cm³/mol. The molecule has 68 valence electrons. The summed E-state index contributed by atoms with van der Waals surface area (Å²) in [5, 5.41) is 0. The van der Waals surface area contributed by atoms with Gasteiger partial charge in [-0.05, 0) is 40.4 Å². The van der Waals surface area contributed by atoms with Gasteiger partial charge in [-0.25, -0.2) is 0 Å². The third-order valence-electron chi connectivity index (χ3n) is 5.51. The fourth-order valence-electron chi connectivity index (χ4n) is 5.04. The Morgan fingerprint density at radius 3 is 1.25 bits per heavy atom. The van der Waals surface area contributed by atoms with Crippen LogP contribution in [0.2, 0.25) is 0 Å². The van der Waals surface area contributed by atoms with Crippen molar-refractivity contribution in [3.8, 4) is 0 Å². The van der Waals surface area contributed by atoms with Gasteiger partial charge in [0, 0.05) is 0 Å². The van der Waals surface area contributed by atoms with E-state index in [-0.39, 0.29) is 0 Å². The van der Waals surface area contributed by atoms with Crippen LogP contribution in [-0.4, -0.2) is 0 Å². The summed E-state index contributed by atoms with van der Waals surface area (Å²) in [4.78, 5) is 0. The van der Waals surface area contributed by atoms with E-state index >= 15 is 0 Å². The molecule has 0 heterocycles. The second-order valence-corrected chi connectivity index (χ2v) is 6.60. The van der Waals surface area contributed by atoms with E-state index < -0.39 is 0 Å². The molecular weight excluding hydrogens is 144 g/mol. The Hall–Kier alpha value is 0. The van der Waals surface area contributed by atoms with Crippen LogP contribution in [0.15, 0.2) is 0 Å². The van der Waals surface area contributed by atoms with Crippen LogP contribution in [0.1, 0.15) is 34.6 Å². The van der Waals surface area contributed by atoms with Gasteiger partial charge in [-0.15, -0.1) is 0 Å². The van der Waals surface area contributed by atoms with Gasteiger partial charge in [-0.2, -0.15) is 0 Å². The fraction of sp³-hybridized carbons (Fsp3) is 1.00. The Kier molecular flexibility index (Phi) is 0.932. The molecule has 0 aromatic rings. The quantitative estimate of drug-likeness (QED) is 0.516. The Morgan fingerprint density at radius 2 is 1.00 bits per heavy atom. The lowest BCUT2D eigenvalue weighted by Gasteiger charge is -2.14. The monoisotopic (exact) mass is 164 g/mol. The molecule has 4 atom stereocenters. The molecule has 0 saturated heterocycles. The molecule has 0 aliphatic heterocycles. The summed E-state index contributed by atoms with van der Waals surface area (Å²) in [6.45, 7) is 12.4. The molecule has 0 spiro atoms. The molecular formula is C12H20. The third kappa shape index (κ3) is 0.506. The average molecular weight is 164 g/mol. The number of hydrogen-bond donors (Lipinski definition) is 0. The maximum absolute atomic E-state index is 2.49. The van der Waals surface area contributed by atoms with Crippen LogP contribution >= 0.6 is 0 Å². The topological polar surface area (TPSA) is 0 Å². The first-order valence-electron chi connectivity index (χ1n) is 5.40. The van der Waals surface area contributed by atoms with E-state index in [2.05, 4.69) is 34.6 Å². The third-order valence-corrected chi connectivity index (χ3v) is 5.51. The first-order valence-corrected chi connectivity index (χ1v) is 5.40. The lowest BCUT2D eigenvalue weighted by Crippen LogP contribution is -2.08. The Bertz CT molecular complexity index is 223. The minimum absolute atomic E-state index is 0.703. The normalized spacial score (nSPS) is 62.2.